The highest BCUT2D eigenvalue weighted by molar-refractivity contribution is 7.92. The molecule has 0 heterocycles. The number of hydrogen-bond donors (Lipinski definition) is 1. The molecule has 0 aliphatic rings. The van der Waals surface area contributed by atoms with Crippen LogP contribution < -0.4 is 9.62 Å². The Morgan fingerprint density at radius 3 is 2.04 bits per heavy atom. The highest BCUT2D eigenvalue weighted by Crippen LogP contribution is 2.28. The number of nitrogens with one attached hydrogen (secondary N) is 1. The molecule has 4 aromatic rings. The van der Waals surface area contributed by atoms with Gasteiger partial charge < -0.3 is 10.2 Å². The van der Waals surface area contributed by atoms with Gasteiger partial charge in [-0.15, -0.1) is 0 Å². The average molecular weight is 681 g/mol. The van der Waals surface area contributed by atoms with E-state index in [1.165, 1.54) is 17.0 Å². The predicted molar refractivity (Wildman–Crippen MR) is 186 cm³/mol. The second-order valence-corrected chi connectivity index (χ2v) is 14.0. The fourth-order valence-electron chi connectivity index (χ4n) is 5.24. The van der Waals surface area contributed by atoms with Crippen molar-refractivity contribution in [2.45, 2.75) is 57.5 Å². The maximum absolute atomic E-state index is 14.6. The zero-order valence-electron chi connectivity index (χ0n) is 26.2. The van der Waals surface area contributed by atoms with Crippen LogP contribution in [0.15, 0.2) is 102 Å². The highest BCUT2D eigenvalue weighted by Gasteiger charge is 2.34. The highest BCUT2D eigenvalue weighted by atomic mass is 35.5. The second kappa shape index (κ2) is 16.1. The van der Waals surface area contributed by atoms with E-state index in [9.17, 15) is 18.0 Å². The van der Waals surface area contributed by atoms with Gasteiger partial charge >= 0.3 is 0 Å². The van der Waals surface area contributed by atoms with Gasteiger partial charge in [0.25, 0.3) is 10.0 Å². The van der Waals surface area contributed by atoms with Crippen molar-refractivity contribution in [3.8, 4) is 0 Å². The Hall–Kier alpha value is -3.85. The molecule has 0 radical (unpaired) electrons. The number of nitrogens with zero attached hydrogens (tertiary/aromatic N) is 2. The number of unbranched alkanes of at least 4 members (excludes halogenated alkanes) is 1. The molecule has 7 nitrogen and oxygen atoms in total. The number of benzene rings is 4. The Kier molecular flexibility index (Phi) is 12.3. The van der Waals surface area contributed by atoms with Gasteiger partial charge in [0, 0.05) is 19.5 Å². The van der Waals surface area contributed by atoms with Crippen molar-refractivity contribution in [2.24, 2.45) is 0 Å². The fourth-order valence-corrected chi connectivity index (χ4v) is 6.98. The minimum absolute atomic E-state index is 0.000486. The monoisotopic (exact) mass is 679 g/mol. The van der Waals surface area contributed by atoms with E-state index in [-0.39, 0.29) is 23.8 Å². The molecule has 0 aromatic heterocycles. The maximum atomic E-state index is 14.6. The number of aryl methyl sites for hydroxylation is 2. The summed E-state index contributed by atoms with van der Waals surface area (Å²) in [6, 6.07) is 27.0. The summed E-state index contributed by atoms with van der Waals surface area (Å²) in [5, 5.41) is 3.65. The van der Waals surface area contributed by atoms with Crippen LogP contribution >= 0.6 is 23.2 Å². The molecule has 242 valence electrons. The summed E-state index contributed by atoms with van der Waals surface area (Å²) in [6.45, 7) is 5.70. The van der Waals surface area contributed by atoms with Gasteiger partial charge in [0.1, 0.15) is 12.6 Å². The van der Waals surface area contributed by atoms with Gasteiger partial charge in [-0.25, -0.2) is 8.42 Å². The van der Waals surface area contributed by atoms with E-state index in [2.05, 4.69) is 5.32 Å². The lowest BCUT2D eigenvalue weighted by molar-refractivity contribution is -0.140. The Morgan fingerprint density at radius 1 is 0.804 bits per heavy atom. The molecule has 4 aromatic carbocycles. The third kappa shape index (κ3) is 9.12. The van der Waals surface area contributed by atoms with Crippen LogP contribution in [0.5, 0.6) is 0 Å². The first-order valence-corrected chi connectivity index (χ1v) is 17.4. The molecule has 46 heavy (non-hydrogen) atoms. The van der Waals surface area contributed by atoms with Gasteiger partial charge in [0.2, 0.25) is 11.8 Å². The Labute approximate surface area is 282 Å². The third-order valence-electron chi connectivity index (χ3n) is 7.54. The van der Waals surface area contributed by atoms with Crippen molar-refractivity contribution >= 4 is 50.7 Å². The van der Waals surface area contributed by atoms with Gasteiger partial charge in [-0.3, -0.25) is 13.9 Å². The third-order valence-corrected chi connectivity index (χ3v) is 10.1. The number of amides is 2. The number of sulfonamides is 1. The first-order chi connectivity index (χ1) is 22.0. The molecular weight excluding hydrogens is 641 g/mol. The van der Waals surface area contributed by atoms with Crippen LogP contribution in [-0.4, -0.2) is 44.3 Å². The zero-order chi connectivity index (χ0) is 33.3. The first kappa shape index (κ1) is 35.0. The minimum Gasteiger partial charge on any atom is -0.354 e. The lowest BCUT2D eigenvalue weighted by atomic mass is 10.0. The van der Waals surface area contributed by atoms with Gasteiger partial charge in [0.15, 0.2) is 0 Å². The lowest BCUT2D eigenvalue weighted by Gasteiger charge is -2.34. The summed E-state index contributed by atoms with van der Waals surface area (Å²) in [5.41, 5.74) is 3.55. The molecule has 0 saturated carbocycles. The van der Waals surface area contributed by atoms with E-state index in [1.54, 1.807) is 48.5 Å². The van der Waals surface area contributed by atoms with Crippen LogP contribution in [0.4, 0.5) is 5.69 Å². The van der Waals surface area contributed by atoms with Crippen LogP contribution in [0.3, 0.4) is 0 Å². The van der Waals surface area contributed by atoms with Crippen molar-refractivity contribution in [3.05, 3.63) is 129 Å². The molecule has 0 fully saturated rings. The standard InChI is InChI=1S/C36H39Cl2N3O4S/c1-4-5-18-39-36(43)34(23-28-12-8-6-9-13-28)40(24-29-16-17-32(37)33(38)22-29)35(42)25-41(30-20-26(2)19-27(3)21-30)46(44,45)31-14-10-7-11-15-31/h6-17,19-22,34H,4-5,18,23-25H2,1-3H3,(H,39,43). The normalized spacial score (nSPS) is 11.9. The van der Waals surface area contributed by atoms with Crippen LogP contribution in [-0.2, 0) is 32.6 Å². The number of carbonyl (C=O) groups is 2. The summed E-state index contributed by atoms with van der Waals surface area (Å²) in [7, 11) is -4.18. The van der Waals surface area contributed by atoms with Gasteiger partial charge in [0.05, 0.1) is 20.6 Å². The number of rotatable bonds is 14. The van der Waals surface area contributed by atoms with Crippen LogP contribution in [0, 0.1) is 13.8 Å². The van der Waals surface area contributed by atoms with E-state index in [1.807, 2.05) is 57.2 Å². The Balaban J connectivity index is 1.82. The van der Waals surface area contributed by atoms with E-state index in [0.29, 0.717) is 27.8 Å². The quantitative estimate of drug-likeness (QED) is 0.141. The topological polar surface area (TPSA) is 86.8 Å². The molecule has 1 atom stereocenters. The smallest absolute Gasteiger partial charge is 0.264 e. The number of halogens is 2. The molecule has 0 bridgehead atoms. The van der Waals surface area contributed by atoms with Crippen LogP contribution in [0.1, 0.15) is 42.0 Å². The second-order valence-electron chi connectivity index (χ2n) is 11.3. The maximum Gasteiger partial charge on any atom is 0.264 e. The molecule has 1 N–H and O–H groups in total. The Morgan fingerprint density at radius 2 is 1.43 bits per heavy atom. The van der Waals surface area contributed by atoms with E-state index in [4.69, 9.17) is 23.2 Å². The number of hydrogen-bond acceptors (Lipinski definition) is 4. The molecule has 0 spiro atoms. The fraction of sp³-hybridized carbons (Fsp3) is 0.278. The summed E-state index contributed by atoms with van der Waals surface area (Å²) in [4.78, 5) is 29.9. The van der Waals surface area contributed by atoms with Crippen molar-refractivity contribution in [2.75, 3.05) is 17.4 Å². The first-order valence-electron chi connectivity index (χ1n) is 15.2. The summed E-state index contributed by atoms with van der Waals surface area (Å²) < 4.78 is 29.5. The Bertz CT molecular complexity index is 1730. The zero-order valence-corrected chi connectivity index (χ0v) is 28.6. The summed E-state index contributed by atoms with van der Waals surface area (Å²) in [6.07, 6.45) is 1.89. The van der Waals surface area contributed by atoms with E-state index in [0.717, 1.165) is 33.8 Å². The predicted octanol–water partition coefficient (Wildman–Crippen LogP) is 7.36. The molecule has 4 rings (SSSR count). The largest absolute Gasteiger partial charge is 0.354 e. The molecular formula is C36H39Cl2N3O4S. The minimum atomic E-state index is -4.18. The number of carbonyl (C=O) groups excluding carboxylic acids is 2. The lowest BCUT2D eigenvalue weighted by Crippen LogP contribution is -2.53. The van der Waals surface area contributed by atoms with Crippen molar-refractivity contribution < 1.29 is 18.0 Å². The number of anilines is 1. The average Bonchev–Trinajstić information content (AvgIpc) is 3.03. The van der Waals surface area contributed by atoms with E-state index >= 15 is 0 Å². The van der Waals surface area contributed by atoms with Crippen LogP contribution in [0.2, 0.25) is 10.0 Å². The van der Waals surface area contributed by atoms with E-state index < -0.39 is 28.5 Å². The molecule has 10 heteroatoms. The molecule has 0 aliphatic carbocycles. The SMILES string of the molecule is CCCCNC(=O)C(Cc1ccccc1)N(Cc1ccc(Cl)c(Cl)c1)C(=O)CN(c1cc(C)cc(C)c1)S(=O)(=O)c1ccccc1. The molecule has 0 aliphatic heterocycles. The summed E-state index contributed by atoms with van der Waals surface area (Å²) in [5.74, 6) is -0.870. The van der Waals surface area contributed by atoms with Gasteiger partial charge in [-0.05, 0) is 78.9 Å². The molecule has 1 unspecified atom stereocenters. The van der Waals surface area contributed by atoms with Gasteiger partial charge in [-0.1, -0.05) is 97.2 Å². The van der Waals surface area contributed by atoms with Crippen molar-refractivity contribution in [1.82, 2.24) is 10.2 Å². The summed E-state index contributed by atoms with van der Waals surface area (Å²) >= 11 is 12.5. The van der Waals surface area contributed by atoms with Crippen LogP contribution in [0.25, 0.3) is 0 Å². The van der Waals surface area contributed by atoms with Crippen molar-refractivity contribution in [3.63, 3.8) is 0 Å². The molecule has 2 amide bonds. The van der Waals surface area contributed by atoms with Crippen molar-refractivity contribution in [1.29, 1.82) is 0 Å². The molecule has 0 saturated heterocycles. The van der Waals surface area contributed by atoms with Gasteiger partial charge in [-0.2, -0.15) is 0 Å².